The molecule has 3 heteroatoms. The van der Waals surface area contributed by atoms with Crippen molar-refractivity contribution in [3.05, 3.63) is 0 Å². The van der Waals surface area contributed by atoms with E-state index < -0.39 is 0 Å². The first-order valence-corrected chi connectivity index (χ1v) is 7.40. The van der Waals surface area contributed by atoms with Gasteiger partial charge in [-0.25, -0.2) is 0 Å². The van der Waals surface area contributed by atoms with E-state index in [4.69, 9.17) is 0 Å². The maximum absolute atomic E-state index is 12.0. The molecule has 1 atom stereocenters. The number of carbonyl (C=O) groups is 1. The van der Waals surface area contributed by atoms with Crippen molar-refractivity contribution in [2.45, 2.75) is 65.3 Å². The van der Waals surface area contributed by atoms with Gasteiger partial charge in [0, 0.05) is 25.6 Å². The van der Waals surface area contributed by atoms with Crippen LogP contribution < -0.4 is 5.32 Å². The van der Waals surface area contributed by atoms with Gasteiger partial charge in [0.05, 0.1) is 0 Å². The molecule has 1 aliphatic heterocycles. The molecule has 1 unspecified atom stereocenters. The smallest absolute Gasteiger partial charge is 0.222 e. The number of rotatable bonds is 6. The third-order valence-electron chi connectivity index (χ3n) is 4.23. The van der Waals surface area contributed by atoms with E-state index >= 15 is 0 Å². The van der Waals surface area contributed by atoms with Crippen molar-refractivity contribution in [3.63, 3.8) is 0 Å². The van der Waals surface area contributed by atoms with E-state index in [2.05, 4.69) is 31.0 Å². The van der Waals surface area contributed by atoms with E-state index in [1.807, 2.05) is 7.05 Å². The molecule has 1 aliphatic rings. The molecule has 106 valence electrons. The molecule has 0 aromatic carbocycles. The van der Waals surface area contributed by atoms with Crippen LogP contribution in [0.1, 0.15) is 59.3 Å². The van der Waals surface area contributed by atoms with Gasteiger partial charge in [-0.3, -0.25) is 4.79 Å². The van der Waals surface area contributed by atoms with E-state index in [0.29, 0.717) is 17.4 Å². The molecule has 0 bridgehead atoms. The molecule has 0 spiro atoms. The third kappa shape index (κ3) is 5.38. The summed E-state index contributed by atoms with van der Waals surface area (Å²) in [6.45, 7) is 8.66. The van der Waals surface area contributed by atoms with Gasteiger partial charge in [0.15, 0.2) is 0 Å². The Morgan fingerprint density at radius 1 is 1.33 bits per heavy atom. The molecule has 1 saturated heterocycles. The lowest BCUT2D eigenvalue weighted by molar-refractivity contribution is -0.130. The Hall–Kier alpha value is -0.570. The Balaban J connectivity index is 2.26. The second-order valence-corrected chi connectivity index (χ2v) is 6.48. The van der Waals surface area contributed by atoms with Crippen LogP contribution >= 0.6 is 0 Å². The van der Waals surface area contributed by atoms with Gasteiger partial charge in [0.25, 0.3) is 0 Å². The predicted molar refractivity (Wildman–Crippen MR) is 76.6 cm³/mol. The Bertz CT molecular complexity index is 263. The van der Waals surface area contributed by atoms with Crippen molar-refractivity contribution in [1.29, 1.82) is 0 Å². The monoisotopic (exact) mass is 254 g/mol. The zero-order valence-electron chi connectivity index (χ0n) is 12.6. The lowest BCUT2D eigenvalue weighted by Gasteiger charge is -2.23. The molecule has 1 fully saturated rings. The van der Waals surface area contributed by atoms with Crippen LogP contribution in [0.3, 0.4) is 0 Å². The number of amides is 1. The summed E-state index contributed by atoms with van der Waals surface area (Å²) < 4.78 is 0. The predicted octanol–water partition coefficient (Wildman–Crippen LogP) is 2.80. The van der Waals surface area contributed by atoms with Crippen LogP contribution in [0, 0.1) is 5.41 Å². The molecule has 0 aromatic rings. The minimum absolute atomic E-state index is 0.338. The first kappa shape index (κ1) is 15.5. The number of hydrogen-bond acceptors (Lipinski definition) is 2. The minimum atomic E-state index is 0.338. The highest BCUT2D eigenvalue weighted by Gasteiger charge is 2.26. The summed E-state index contributed by atoms with van der Waals surface area (Å²) in [5.41, 5.74) is 0.338. The summed E-state index contributed by atoms with van der Waals surface area (Å²) in [5, 5.41) is 3.25. The Kier molecular flexibility index (Phi) is 6.13. The van der Waals surface area contributed by atoms with Gasteiger partial charge in [0.1, 0.15) is 0 Å². The van der Waals surface area contributed by atoms with Gasteiger partial charge < -0.3 is 10.2 Å². The van der Waals surface area contributed by atoms with E-state index in [1.165, 1.54) is 12.8 Å². The highest BCUT2D eigenvalue weighted by atomic mass is 16.2. The fourth-order valence-electron chi connectivity index (χ4n) is 2.42. The van der Waals surface area contributed by atoms with Crippen molar-refractivity contribution in [1.82, 2.24) is 10.2 Å². The standard InChI is InChI=1S/C15H30N2O/c1-13(16-4)7-5-6-11-17-12-10-15(2,3)9-8-14(17)18/h13,16H,5-12H2,1-4H3. The van der Waals surface area contributed by atoms with Crippen LogP contribution in [0.25, 0.3) is 0 Å². The summed E-state index contributed by atoms with van der Waals surface area (Å²) in [4.78, 5) is 14.1. The van der Waals surface area contributed by atoms with E-state index in [9.17, 15) is 4.79 Å². The summed E-state index contributed by atoms with van der Waals surface area (Å²) in [7, 11) is 2.01. The van der Waals surface area contributed by atoms with E-state index in [-0.39, 0.29) is 0 Å². The first-order chi connectivity index (χ1) is 8.44. The molecule has 0 aliphatic carbocycles. The van der Waals surface area contributed by atoms with Gasteiger partial charge in [-0.1, -0.05) is 20.3 Å². The van der Waals surface area contributed by atoms with Crippen LogP contribution in [0.5, 0.6) is 0 Å². The normalized spacial score (nSPS) is 21.8. The van der Waals surface area contributed by atoms with Crippen molar-refractivity contribution in [2.75, 3.05) is 20.1 Å². The number of carbonyl (C=O) groups excluding carboxylic acids is 1. The van der Waals surface area contributed by atoms with Gasteiger partial charge >= 0.3 is 0 Å². The van der Waals surface area contributed by atoms with Crippen molar-refractivity contribution in [3.8, 4) is 0 Å². The summed E-state index contributed by atoms with van der Waals surface area (Å²) in [6.07, 6.45) is 6.46. The maximum Gasteiger partial charge on any atom is 0.222 e. The number of unbranched alkanes of at least 4 members (excludes halogenated alkanes) is 1. The second kappa shape index (κ2) is 7.13. The number of nitrogens with one attached hydrogen (secondary N) is 1. The average Bonchev–Trinajstić information content (AvgIpc) is 2.46. The summed E-state index contributed by atoms with van der Waals surface area (Å²) >= 11 is 0. The molecule has 1 heterocycles. The highest BCUT2D eigenvalue weighted by Crippen LogP contribution is 2.30. The highest BCUT2D eigenvalue weighted by molar-refractivity contribution is 5.76. The van der Waals surface area contributed by atoms with Crippen molar-refractivity contribution >= 4 is 5.91 Å². The van der Waals surface area contributed by atoms with Crippen molar-refractivity contribution in [2.24, 2.45) is 5.41 Å². The minimum Gasteiger partial charge on any atom is -0.343 e. The summed E-state index contributed by atoms with van der Waals surface area (Å²) in [6, 6.07) is 0.587. The number of nitrogens with zero attached hydrogens (tertiary/aromatic N) is 1. The first-order valence-electron chi connectivity index (χ1n) is 7.40. The number of likely N-dealkylation sites (tertiary alicyclic amines) is 1. The molecule has 0 radical (unpaired) electrons. The third-order valence-corrected chi connectivity index (χ3v) is 4.23. The maximum atomic E-state index is 12.0. The molecule has 1 amide bonds. The van der Waals surface area contributed by atoms with E-state index in [0.717, 1.165) is 38.8 Å². The molecule has 1 N–H and O–H groups in total. The lowest BCUT2D eigenvalue weighted by atomic mass is 9.85. The zero-order chi connectivity index (χ0) is 13.6. The van der Waals surface area contributed by atoms with E-state index in [1.54, 1.807) is 0 Å². The van der Waals surface area contributed by atoms with Gasteiger partial charge in [-0.15, -0.1) is 0 Å². The Morgan fingerprint density at radius 3 is 2.72 bits per heavy atom. The van der Waals surface area contributed by atoms with Crippen LogP contribution in [-0.4, -0.2) is 37.0 Å². The van der Waals surface area contributed by atoms with Crippen LogP contribution in [0.2, 0.25) is 0 Å². The Morgan fingerprint density at radius 2 is 2.06 bits per heavy atom. The van der Waals surface area contributed by atoms with Crippen LogP contribution in [0.4, 0.5) is 0 Å². The average molecular weight is 254 g/mol. The molecule has 0 aromatic heterocycles. The quantitative estimate of drug-likeness (QED) is 0.739. The fourth-order valence-corrected chi connectivity index (χ4v) is 2.42. The largest absolute Gasteiger partial charge is 0.343 e. The lowest BCUT2D eigenvalue weighted by Crippen LogP contribution is -2.31. The molecule has 18 heavy (non-hydrogen) atoms. The van der Waals surface area contributed by atoms with Crippen molar-refractivity contribution < 1.29 is 4.79 Å². The van der Waals surface area contributed by atoms with Gasteiger partial charge in [-0.05, 0) is 45.1 Å². The van der Waals surface area contributed by atoms with Gasteiger partial charge in [0.2, 0.25) is 5.91 Å². The SMILES string of the molecule is CNC(C)CCCCN1CCC(C)(C)CCC1=O. The second-order valence-electron chi connectivity index (χ2n) is 6.48. The molecular weight excluding hydrogens is 224 g/mol. The van der Waals surface area contributed by atoms with Gasteiger partial charge in [-0.2, -0.15) is 0 Å². The molecule has 0 saturated carbocycles. The zero-order valence-corrected chi connectivity index (χ0v) is 12.6. The number of hydrogen-bond donors (Lipinski definition) is 1. The topological polar surface area (TPSA) is 32.3 Å². The molecular formula is C15H30N2O. The van der Waals surface area contributed by atoms with Crippen LogP contribution in [0.15, 0.2) is 0 Å². The Labute approximate surface area is 112 Å². The molecule has 1 rings (SSSR count). The molecule has 3 nitrogen and oxygen atoms in total. The van der Waals surface area contributed by atoms with Crippen LogP contribution in [-0.2, 0) is 4.79 Å². The summed E-state index contributed by atoms with van der Waals surface area (Å²) in [5.74, 6) is 0.363. The fraction of sp³-hybridized carbons (Fsp3) is 0.933.